The van der Waals surface area contributed by atoms with E-state index in [0.29, 0.717) is 0 Å². The molecule has 2 heteroatoms. The van der Waals surface area contributed by atoms with Gasteiger partial charge < -0.3 is 8.98 Å². The van der Waals surface area contributed by atoms with E-state index in [1.807, 2.05) is 0 Å². The van der Waals surface area contributed by atoms with Crippen LogP contribution in [-0.2, 0) is 0 Å². The zero-order valence-electron chi connectivity index (χ0n) is 22.8. The quantitative estimate of drug-likeness (QED) is 0.220. The fourth-order valence-corrected chi connectivity index (χ4v) is 6.67. The van der Waals surface area contributed by atoms with Gasteiger partial charge >= 0.3 is 0 Å². The number of para-hydroxylation sites is 1. The minimum absolute atomic E-state index is 0.922. The highest BCUT2D eigenvalue weighted by Crippen LogP contribution is 2.43. The number of rotatable bonds is 3. The molecule has 0 aliphatic carbocycles. The van der Waals surface area contributed by atoms with E-state index >= 15 is 0 Å². The van der Waals surface area contributed by atoms with Crippen molar-refractivity contribution >= 4 is 54.5 Å². The highest BCUT2D eigenvalue weighted by atomic mass is 16.3. The molecule has 0 saturated heterocycles. The number of hydrogen-bond acceptors (Lipinski definition) is 1. The van der Waals surface area contributed by atoms with Crippen molar-refractivity contribution in [3.63, 3.8) is 0 Å². The minimum Gasteiger partial charge on any atom is -0.455 e. The molecule has 196 valence electrons. The predicted octanol–water partition coefficient (Wildman–Crippen LogP) is 11.2. The normalized spacial score (nSPS) is 11.8. The van der Waals surface area contributed by atoms with Gasteiger partial charge in [0.1, 0.15) is 11.2 Å². The summed E-state index contributed by atoms with van der Waals surface area (Å²) in [6, 6.07) is 54.2. The lowest BCUT2D eigenvalue weighted by Crippen LogP contribution is -1.96. The summed E-state index contributed by atoms with van der Waals surface area (Å²) in [4.78, 5) is 0. The molecule has 0 fully saturated rings. The van der Waals surface area contributed by atoms with Crippen LogP contribution in [0.5, 0.6) is 0 Å². The van der Waals surface area contributed by atoms with Crippen molar-refractivity contribution in [3.05, 3.63) is 152 Å². The molecule has 0 spiro atoms. The van der Waals surface area contributed by atoms with Gasteiger partial charge in [0.2, 0.25) is 0 Å². The van der Waals surface area contributed by atoms with Crippen LogP contribution in [-0.4, -0.2) is 4.57 Å². The lowest BCUT2D eigenvalue weighted by atomic mass is 9.98. The molecule has 2 heterocycles. The molecule has 2 nitrogen and oxygen atoms in total. The van der Waals surface area contributed by atoms with E-state index in [1.165, 1.54) is 43.8 Å². The molecule has 0 atom stereocenters. The Morgan fingerprint density at radius 2 is 1.05 bits per heavy atom. The van der Waals surface area contributed by atoms with E-state index in [9.17, 15) is 0 Å². The molecule has 0 bridgehead atoms. The van der Waals surface area contributed by atoms with Gasteiger partial charge in [0.25, 0.3) is 0 Å². The lowest BCUT2D eigenvalue weighted by molar-refractivity contribution is 0.673. The van der Waals surface area contributed by atoms with Crippen molar-refractivity contribution in [1.29, 1.82) is 0 Å². The summed E-state index contributed by atoms with van der Waals surface area (Å²) < 4.78 is 9.10. The number of hydrogen-bond donors (Lipinski definition) is 0. The maximum Gasteiger partial charge on any atom is 0.145 e. The third-order valence-corrected chi connectivity index (χ3v) is 8.55. The first-order chi connectivity index (χ1) is 20.8. The molecule has 0 aliphatic heterocycles. The summed E-state index contributed by atoms with van der Waals surface area (Å²) in [7, 11) is 0. The van der Waals surface area contributed by atoms with Crippen LogP contribution in [0.25, 0.3) is 82.5 Å². The van der Waals surface area contributed by atoms with Gasteiger partial charge in [0.15, 0.2) is 0 Å². The maximum absolute atomic E-state index is 6.70. The van der Waals surface area contributed by atoms with Crippen molar-refractivity contribution in [2.45, 2.75) is 0 Å². The number of nitrogens with zero attached hydrogens (tertiary/aromatic N) is 1. The van der Waals surface area contributed by atoms with Crippen molar-refractivity contribution in [3.8, 4) is 27.9 Å². The Labute approximate surface area is 242 Å². The van der Waals surface area contributed by atoms with Gasteiger partial charge in [-0.05, 0) is 75.5 Å². The Hall–Kier alpha value is -5.60. The SMILES string of the molecule is c1ccc(-c2cc(-c3ccccc3)cc(-n3c4ccccc4c4c5oc6ccc7ccccc7c6c5ccc43)c2)cc1. The first-order valence-corrected chi connectivity index (χ1v) is 14.4. The molecule has 9 aromatic rings. The second kappa shape index (κ2) is 8.95. The fourth-order valence-electron chi connectivity index (χ4n) is 6.67. The first kappa shape index (κ1) is 23.1. The first-order valence-electron chi connectivity index (χ1n) is 14.4. The Kier molecular flexibility index (Phi) is 4.93. The monoisotopic (exact) mass is 535 g/mol. The van der Waals surface area contributed by atoms with Crippen molar-refractivity contribution in [2.24, 2.45) is 0 Å². The molecule has 0 radical (unpaired) electrons. The zero-order chi connectivity index (χ0) is 27.6. The van der Waals surface area contributed by atoms with Crippen LogP contribution in [0.4, 0.5) is 0 Å². The maximum atomic E-state index is 6.70. The van der Waals surface area contributed by atoms with Gasteiger partial charge in [0.05, 0.1) is 16.4 Å². The second-order valence-electron chi connectivity index (χ2n) is 11.0. The molecular weight excluding hydrogens is 510 g/mol. The Bertz CT molecular complexity index is 2390. The molecule has 42 heavy (non-hydrogen) atoms. The van der Waals surface area contributed by atoms with Crippen LogP contribution in [0.2, 0.25) is 0 Å². The van der Waals surface area contributed by atoms with Crippen LogP contribution in [0.3, 0.4) is 0 Å². The fraction of sp³-hybridized carbons (Fsp3) is 0. The highest BCUT2D eigenvalue weighted by molar-refractivity contribution is 6.27. The van der Waals surface area contributed by atoms with Crippen molar-refractivity contribution in [2.75, 3.05) is 0 Å². The van der Waals surface area contributed by atoms with E-state index in [1.54, 1.807) is 0 Å². The molecule has 2 aromatic heterocycles. The van der Waals surface area contributed by atoms with E-state index in [0.717, 1.165) is 38.7 Å². The van der Waals surface area contributed by atoms with Gasteiger partial charge in [-0.3, -0.25) is 0 Å². The average molecular weight is 536 g/mol. The number of furan rings is 1. The molecule has 0 unspecified atom stereocenters. The average Bonchev–Trinajstić information content (AvgIpc) is 3.61. The molecule has 0 amide bonds. The minimum atomic E-state index is 0.922. The van der Waals surface area contributed by atoms with Crippen LogP contribution >= 0.6 is 0 Å². The van der Waals surface area contributed by atoms with E-state index in [2.05, 4.69) is 156 Å². The summed E-state index contributed by atoms with van der Waals surface area (Å²) in [5, 5.41) is 7.11. The standard InChI is InChI=1S/C40H25NO/c1-3-11-26(12-4-1)29-23-30(27-13-5-2-6-14-27)25-31(24-29)41-35-18-10-9-17-33(35)39-36(41)21-20-34-38-32-16-8-7-15-28(32)19-22-37(38)42-40(34)39/h1-25H. The van der Waals surface area contributed by atoms with E-state index in [4.69, 9.17) is 4.42 Å². The Balaban J connectivity index is 1.40. The van der Waals surface area contributed by atoms with Crippen LogP contribution < -0.4 is 0 Å². The summed E-state index contributed by atoms with van der Waals surface area (Å²) in [6.45, 7) is 0. The van der Waals surface area contributed by atoms with Gasteiger partial charge in [-0.1, -0.05) is 109 Å². The van der Waals surface area contributed by atoms with Crippen molar-refractivity contribution in [1.82, 2.24) is 4.57 Å². The van der Waals surface area contributed by atoms with Gasteiger partial charge in [-0.25, -0.2) is 0 Å². The van der Waals surface area contributed by atoms with Gasteiger partial charge in [0, 0.05) is 21.8 Å². The zero-order valence-corrected chi connectivity index (χ0v) is 22.8. The topological polar surface area (TPSA) is 18.1 Å². The molecule has 0 aliphatic rings. The lowest BCUT2D eigenvalue weighted by Gasteiger charge is -2.14. The third kappa shape index (κ3) is 3.39. The van der Waals surface area contributed by atoms with Gasteiger partial charge in [-0.2, -0.15) is 0 Å². The summed E-state index contributed by atoms with van der Waals surface area (Å²) in [5.41, 5.74) is 10.1. The van der Waals surface area contributed by atoms with Crippen molar-refractivity contribution < 1.29 is 4.42 Å². The molecular formula is C40H25NO. The molecule has 7 aromatic carbocycles. The third-order valence-electron chi connectivity index (χ3n) is 8.55. The molecule has 9 rings (SSSR count). The summed E-state index contributed by atoms with van der Waals surface area (Å²) in [5.74, 6) is 0. The number of fused-ring (bicyclic) bond motifs is 9. The van der Waals surface area contributed by atoms with Crippen LogP contribution in [0, 0.1) is 0 Å². The van der Waals surface area contributed by atoms with Crippen LogP contribution in [0.1, 0.15) is 0 Å². The van der Waals surface area contributed by atoms with E-state index < -0.39 is 0 Å². The number of benzene rings is 7. The van der Waals surface area contributed by atoms with E-state index in [-0.39, 0.29) is 0 Å². The van der Waals surface area contributed by atoms with Gasteiger partial charge in [-0.15, -0.1) is 0 Å². The second-order valence-corrected chi connectivity index (χ2v) is 11.0. The largest absolute Gasteiger partial charge is 0.455 e. The number of aromatic nitrogens is 1. The molecule has 0 N–H and O–H groups in total. The smallest absolute Gasteiger partial charge is 0.145 e. The Morgan fingerprint density at radius 3 is 1.79 bits per heavy atom. The predicted molar refractivity (Wildman–Crippen MR) is 176 cm³/mol. The summed E-state index contributed by atoms with van der Waals surface area (Å²) in [6.07, 6.45) is 0. The van der Waals surface area contributed by atoms with Crippen LogP contribution in [0.15, 0.2) is 156 Å². The summed E-state index contributed by atoms with van der Waals surface area (Å²) >= 11 is 0. The highest BCUT2D eigenvalue weighted by Gasteiger charge is 2.20. The molecule has 0 saturated carbocycles. The Morgan fingerprint density at radius 1 is 0.405 bits per heavy atom.